The van der Waals surface area contributed by atoms with Crippen molar-refractivity contribution in [1.82, 2.24) is 10.3 Å². The number of nitrogens with one attached hydrogen (secondary N) is 2. The Bertz CT molecular complexity index is 1390. The Balaban J connectivity index is 0.000000272. The van der Waals surface area contributed by atoms with Gasteiger partial charge in [0.25, 0.3) is 0 Å². The molecule has 0 spiro atoms. The van der Waals surface area contributed by atoms with Gasteiger partial charge in [0.2, 0.25) is 0 Å². The number of alkyl halides is 6. The first kappa shape index (κ1) is 29.0. The number of urea groups is 1. The van der Waals surface area contributed by atoms with Crippen molar-refractivity contribution in [3.8, 4) is 11.5 Å². The molecule has 0 aliphatic carbocycles. The lowest BCUT2D eigenvalue weighted by Gasteiger charge is -2.12. The molecule has 4 rings (SSSR count). The quantitative estimate of drug-likeness (QED) is 0.237. The van der Waals surface area contributed by atoms with Crippen molar-refractivity contribution in [1.29, 1.82) is 0 Å². The van der Waals surface area contributed by atoms with Gasteiger partial charge in [0.15, 0.2) is 0 Å². The maximum absolute atomic E-state index is 12.3. The van der Waals surface area contributed by atoms with Crippen LogP contribution >= 0.6 is 0 Å². The van der Waals surface area contributed by atoms with Gasteiger partial charge in [0.1, 0.15) is 11.5 Å². The maximum atomic E-state index is 12.3. The number of nitrogens with zero attached hydrogens (tertiary/aromatic N) is 1. The molecule has 1 aromatic heterocycles. The van der Waals surface area contributed by atoms with Gasteiger partial charge in [0.05, 0.1) is 5.69 Å². The summed E-state index contributed by atoms with van der Waals surface area (Å²) in [7, 11) is 0. The van der Waals surface area contributed by atoms with Gasteiger partial charge in [0, 0.05) is 36.3 Å². The summed E-state index contributed by atoms with van der Waals surface area (Å²) < 4.78 is 79.5. The second-order valence-electron chi connectivity index (χ2n) is 7.80. The van der Waals surface area contributed by atoms with Crippen LogP contribution in [0, 0.1) is 0 Å². The van der Waals surface area contributed by atoms with Gasteiger partial charge in [-0.1, -0.05) is 36.4 Å². The fourth-order valence-electron chi connectivity index (χ4n) is 3.30. The number of amides is 2. The monoisotopic (exact) mass is 552 g/mol. The van der Waals surface area contributed by atoms with Crippen LogP contribution < -0.4 is 25.8 Å². The molecule has 0 radical (unpaired) electrons. The van der Waals surface area contributed by atoms with Crippen molar-refractivity contribution in [2.45, 2.75) is 25.8 Å². The summed E-state index contributed by atoms with van der Waals surface area (Å²) in [5.74, 6) is -0.575. The third-order valence-corrected chi connectivity index (χ3v) is 4.88. The van der Waals surface area contributed by atoms with Crippen molar-refractivity contribution >= 4 is 22.5 Å². The van der Waals surface area contributed by atoms with E-state index in [4.69, 9.17) is 5.73 Å². The Morgan fingerprint density at radius 3 is 2.03 bits per heavy atom. The number of ether oxygens (including phenoxy) is 2. The molecule has 4 N–H and O–H groups in total. The molecule has 206 valence electrons. The highest BCUT2D eigenvalue weighted by molar-refractivity contribution is 6.01. The van der Waals surface area contributed by atoms with E-state index in [9.17, 15) is 31.1 Å². The standard InChI is InChI=1S/C18H14F3N3O2.C8H8F3NO/c19-18(20,21)26-14-5-1-3-12(9-14)10-23-17(25)24-16-6-2-4-13-11-22-8-7-15(13)16;9-8(10,11)13-7-3-1-2-6(4-7)5-12/h1-9,11H,10H2,(H2,23,24,25);1-4H,5,12H2. The molecular formula is C26H22F6N4O3. The Hall–Kier alpha value is -4.52. The zero-order chi connectivity index (χ0) is 28.5. The normalized spacial score (nSPS) is 11.3. The Kier molecular flexibility index (Phi) is 9.55. The zero-order valence-corrected chi connectivity index (χ0v) is 20.0. The van der Waals surface area contributed by atoms with E-state index >= 15 is 0 Å². The van der Waals surface area contributed by atoms with Crippen molar-refractivity contribution in [3.05, 3.63) is 96.3 Å². The third kappa shape index (κ3) is 10.0. The number of pyridine rings is 1. The smallest absolute Gasteiger partial charge is 0.406 e. The predicted octanol–water partition coefficient (Wildman–Crippen LogP) is 6.50. The third-order valence-electron chi connectivity index (χ3n) is 4.88. The van der Waals surface area contributed by atoms with E-state index in [2.05, 4.69) is 25.1 Å². The maximum Gasteiger partial charge on any atom is 0.573 e. The van der Waals surface area contributed by atoms with Crippen molar-refractivity contribution in [2.24, 2.45) is 5.73 Å². The van der Waals surface area contributed by atoms with E-state index in [1.807, 2.05) is 6.07 Å². The number of benzene rings is 3. The fourth-order valence-corrected chi connectivity index (χ4v) is 3.30. The number of carbonyl (C=O) groups is 1. The summed E-state index contributed by atoms with van der Waals surface area (Å²) in [6, 6.07) is 17.7. The molecule has 0 saturated heterocycles. The van der Waals surface area contributed by atoms with E-state index in [-0.39, 0.29) is 24.6 Å². The number of rotatable bonds is 6. The van der Waals surface area contributed by atoms with Crippen LogP contribution in [0.1, 0.15) is 11.1 Å². The minimum absolute atomic E-state index is 0.0488. The predicted molar refractivity (Wildman–Crippen MR) is 132 cm³/mol. The molecule has 0 saturated carbocycles. The van der Waals surface area contributed by atoms with Crippen LogP contribution in [-0.4, -0.2) is 23.7 Å². The fraction of sp³-hybridized carbons (Fsp3) is 0.154. The second kappa shape index (κ2) is 12.8. The lowest BCUT2D eigenvalue weighted by molar-refractivity contribution is -0.275. The first-order chi connectivity index (χ1) is 18.4. The SMILES string of the molecule is NCc1cccc(OC(F)(F)F)c1.O=C(NCc1cccc(OC(F)(F)F)c1)Nc1cccc2cnccc12. The van der Waals surface area contributed by atoms with Crippen LogP contribution in [0.3, 0.4) is 0 Å². The molecule has 4 aromatic rings. The molecular weight excluding hydrogens is 530 g/mol. The van der Waals surface area contributed by atoms with Gasteiger partial charge < -0.3 is 25.8 Å². The van der Waals surface area contributed by atoms with Gasteiger partial charge in [-0.05, 0) is 47.5 Å². The van der Waals surface area contributed by atoms with Gasteiger partial charge in [-0.15, -0.1) is 26.3 Å². The number of hydrogen-bond acceptors (Lipinski definition) is 5. The number of nitrogens with two attached hydrogens (primary N) is 1. The molecule has 0 fully saturated rings. The van der Waals surface area contributed by atoms with Crippen LogP contribution in [0.25, 0.3) is 10.8 Å². The summed E-state index contributed by atoms with van der Waals surface area (Å²) in [5, 5.41) is 7.03. The number of halogens is 6. The average Bonchev–Trinajstić information content (AvgIpc) is 2.86. The largest absolute Gasteiger partial charge is 0.573 e. The number of hydrogen-bond donors (Lipinski definition) is 3. The van der Waals surface area contributed by atoms with Crippen molar-refractivity contribution < 1.29 is 40.6 Å². The van der Waals surface area contributed by atoms with E-state index in [0.29, 0.717) is 16.8 Å². The van der Waals surface area contributed by atoms with Crippen molar-refractivity contribution in [2.75, 3.05) is 5.32 Å². The molecule has 0 unspecified atom stereocenters. The molecule has 2 amide bonds. The summed E-state index contributed by atoms with van der Waals surface area (Å²) >= 11 is 0. The molecule has 0 bridgehead atoms. The molecule has 3 aromatic carbocycles. The minimum Gasteiger partial charge on any atom is -0.406 e. The van der Waals surface area contributed by atoms with Gasteiger partial charge in [-0.3, -0.25) is 4.98 Å². The minimum atomic E-state index is -4.76. The molecule has 0 aliphatic rings. The summed E-state index contributed by atoms with van der Waals surface area (Å²) in [6.07, 6.45) is -6.10. The lowest BCUT2D eigenvalue weighted by Crippen LogP contribution is -2.28. The molecule has 13 heteroatoms. The average molecular weight is 552 g/mol. The molecule has 0 atom stereocenters. The summed E-state index contributed by atoms with van der Waals surface area (Å²) in [4.78, 5) is 16.1. The first-order valence-electron chi connectivity index (χ1n) is 11.2. The van der Waals surface area contributed by atoms with Crippen molar-refractivity contribution in [3.63, 3.8) is 0 Å². The van der Waals surface area contributed by atoms with E-state index in [1.165, 1.54) is 36.4 Å². The molecule has 7 nitrogen and oxygen atoms in total. The molecule has 1 heterocycles. The zero-order valence-electron chi connectivity index (χ0n) is 20.0. The van der Waals surface area contributed by atoms with Gasteiger partial charge in [-0.2, -0.15) is 0 Å². The van der Waals surface area contributed by atoms with E-state index in [1.54, 1.807) is 42.7 Å². The van der Waals surface area contributed by atoms with Crippen LogP contribution in [-0.2, 0) is 13.1 Å². The topological polar surface area (TPSA) is 98.5 Å². The molecule has 39 heavy (non-hydrogen) atoms. The highest BCUT2D eigenvalue weighted by Crippen LogP contribution is 2.25. The Morgan fingerprint density at radius 1 is 0.821 bits per heavy atom. The number of carbonyl (C=O) groups excluding carboxylic acids is 1. The lowest BCUT2D eigenvalue weighted by atomic mass is 10.1. The van der Waals surface area contributed by atoms with Crippen LogP contribution in [0.4, 0.5) is 36.8 Å². The second-order valence-corrected chi connectivity index (χ2v) is 7.80. The Labute approximate surface area is 218 Å². The summed E-state index contributed by atoms with van der Waals surface area (Å²) in [5.41, 5.74) is 6.93. The van der Waals surface area contributed by atoms with Crippen LogP contribution in [0.15, 0.2) is 85.2 Å². The first-order valence-corrected chi connectivity index (χ1v) is 11.2. The van der Waals surface area contributed by atoms with E-state index < -0.39 is 18.8 Å². The summed E-state index contributed by atoms with van der Waals surface area (Å²) in [6.45, 7) is 0.238. The van der Waals surface area contributed by atoms with E-state index in [0.717, 1.165) is 10.8 Å². The Morgan fingerprint density at radius 2 is 1.41 bits per heavy atom. The van der Waals surface area contributed by atoms with Gasteiger partial charge >= 0.3 is 18.8 Å². The number of aromatic nitrogens is 1. The highest BCUT2D eigenvalue weighted by atomic mass is 19.4. The van der Waals surface area contributed by atoms with Crippen LogP contribution in [0.2, 0.25) is 0 Å². The number of anilines is 1. The van der Waals surface area contributed by atoms with Crippen LogP contribution in [0.5, 0.6) is 11.5 Å². The highest BCUT2D eigenvalue weighted by Gasteiger charge is 2.31. The van der Waals surface area contributed by atoms with Gasteiger partial charge in [-0.25, -0.2) is 4.79 Å². The number of fused-ring (bicyclic) bond motifs is 1. The molecule has 0 aliphatic heterocycles.